The number of rotatable bonds is 8. The zero-order valence-corrected chi connectivity index (χ0v) is 30.5. The number of thiophene rings is 1. The highest BCUT2D eigenvalue weighted by molar-refractivity contribution is 7.91. The molecule has 2 saturated heterocycles. The molecule has 2 aromatic heterocycles. The van der Waals surface area contributed by atoms with Crippen LogP contribution in [0.25, 0.3) is 16.3 Å². The molecule has 4 aromatic rings. The van der Waals surface area contributed by atoms with E-state index in [0.717, 1.165) is 39.6 Å². The molecule has 16 heteroatoms. The van der Waals surface area contributed by atoms with Crippen LogP contribution in [0.3, 0.4) is 0 Å². The summed E-state index contributed by atoms with van der Waals surface area (Å²) in [6.45, 7) is 2.72. The van der Waals surface area contributed by atoms with E-state index in [9.17, 15) is 21.6 Å². The van der Waals surface area contributed by atoms with E-state index in [1.165, 1.54) is 16.0 Å². The van der Waals surface area contributed by atoms with Gasteiger partial charge in [0.05, 0.1) is 37.7 Å². The summed E-state index contributed by atoms with van der Waals surface area (Å²) in [4.78, 5) is 15.3. The molecular formula is C33H34Cl2N6O5S3. The first kappa shape index (κ1) is 35.6. The molecule has 258 valence electrons. The number of nitrogens with one attached hydrogen (secondary N) is 2. The van der Waals surface area contributed by atoms with E-state index in [-0.39, 0.29) is 41.9 Å². The van der Waals surface area contributed by atoms with Gasteiger partial charge in [0.1, 0.15) is 0 Å². The number of hydrogen-bond acceptors (Lipinski definition) is 8. The summed E-state index contributed by atoms with van der Waals surface area (Å²) in [6, 6.07) is 16.5. The summed E-state index contributed by atoms with van der Waals surface area (Å²) in [6.07, 6.45) is 2.93. The van der Waals surface area contributed by atoms with Crippen molar-refractivity contribution in [3.05, 3.63) is 91.9 Å². The third-order valence-corrected chi connectivity index (χ3v) is 13.0. The first-order valence-electron chi connectivity index (χ1n) is 15.7. The second-order valence-corrected chi connectivity index (χ2v) is 17.8. The molecule has 2 aliphatic heterocycles. The zero-order valence-electron chi connectivity index (χ0n) is 26.6. The van der Waals surface area contributed by atoms with E-state index in [1.54, 1.807) is 18.2 Å². The predicted octanol–water partition coefficient (Wildman–Crippen LogP) is 4.81. The van der Waals surface area contributed by atoms with Gasteiger partial charge in [-0.1, -0.05) is 59.2 Å². The van der Waals surface area contributed by atoms with Crippen LogP contribution in [-0.2, 0) is 26.6 Å². The van der Waals surface area contributed by atoms with Gasteiger partial charge in [-0.15, -0.1) is 11.3 Å². The second-order valence-electron chi connectivity index (χ2n) is 11.8. The predicted molar refractivity (Wildman–Crippen MR) is 193 cm³/mol. The van der Waals surface area contributed by atoms with E-state index in [4.69, 9.17) is 28.3 Å². The monoisotopic (exact) mass is 760 g/mol. The highest BCUT2D eigenvalue weighted by Crippen LogP contribution is 2.37. The summed E-state index contributed by atoms with van der Waals surface area (Å²) in [7, 11) is -7.44. The van der Waals surface area contributed by atoms with E-state index in [2.05, 4.69) is 22.0 Å². The van der Waals surface area contributed by atoms with Crippen LogP contribution in [0.4, 0.5) is 0 Å². The first-order chi connectivity index (χ1) is 23.4. The summed E-state index contributed by atoms with van der Waals surface area (Å²) in [5.41, 5.74) is 6.15. The lowest BCUT2D eigenvalue weighted by atomic mass is 10.1. The van der Waals surface area contributed by atoms with Crippen molar-refractivity contribution in [3.63, 3.8) is 0 Å². The van der Waals surface area contributed by atoms with E-state index < -0.39 is 26.0 Å². The highest BCUT2D eigenvalue weighted by Gasteiger charge is 2.32. The molecule has 49 heavy (non-hydrogen) atoms. The molecule has 0 bridgehead atoms. The Kier molecular flexibility index (Phi) is 10.8. The normalized spacial score (nSPS) is 17.0. The molecule has 11 nitrogen and oxygen atoms in total. The molecule has 6 rings (SSSR count). The molecule has 0 unspecified atom stereocenters. The van der Waals surface area contributed by atoms with Gasteiger partial charge in [0.15, 0.2) is 15.5 Å². The van der Waals surface area contributed by atoms with Gasteiger partial charge in [-0.25, -0.2) is 18.1 Å². The number of nitrogens with zero attached hydrogens (tertiary/aromatic N) is 4. The van der Waals surface area contributed by atoms with Gasteiger partial charge in [0.25, 0.3) is 16.1 Å². The number of halogens is 2. The summed E-state index contributed by atoms with van der Waals surface area (Å²) in [5.74, 6) is 5.35. The molecule has 4 heterocycles. The molecule has 2 aromatic carbocycles. The second kappa shape index (κ2) is 14.9. The van der Waals surface area contributed by atoms with Gasteiger partial charge < -0.3 is 0 Å². The van der Waals surface area contributed by atoms with Crippen LogP contribution < -0.4 is 10.1 Å². The molecule has 0 atom stereocenters. The number of carbonyl (C=O) groups is 1. The Hall–Kier alpha value is -3.26. The Morgan fingerprint density at radius 2 is 1.67 bits per heavy atom. The van der Waals surface area contributed by atoms with Crippen LogP contribution in [0.15, 0.2) is 54.6 Å². The average molecular weight is 762 g/mol. The molecule has 0 saturated carbocycles. The van der Waals surface area contributed by atoms with Gasteiger partial charge in [0.2, 0.25) is 0 Å². The SMILES string of the molecule is Cc1ccc(C#Cc2ccc(-c3c(CNS(=O)(=O)N4CCS(=O)(=O)CC4)c(C(=O)NN4CCCCC4)nn3-c3ccc(Cl)cc3Cl)s2)cc1. The van der Waals surface area contributed by atoms with Crippen molar-refractivity contribution in [3.8, 4) is 28.1 Å². The van der Waals surface area contributed by atoms with E-state index >= 15 is 0 Å². The molecule has 0 radical (unpaired) electrons. The van der Waals surface area contributed by atoms with Gasteiger partial charge in [-0.05, 0) is 62.2 Å². The minimum Gasteiger partial charge on any atom is -0.283 e. The molecule has 1 amide bonds. The van der Waals surface area contributed by atoms with Gasteiger partial charge in [0, 0.05) is 48.9 Å². The number of aryl methyl sites for hydroxylation is 1. The van der Waals surface area contributed by atoms with Crippen LogP contribution >= 0.6 is 34.5 Å². The van der Waals surface area contributed by atoms with Gasteiger partial charge in [-0.3, -0.25) is 10.2 Å². The van der Waals surface area contributed by atoms with Crippen molar-refractivity contribution in [1.29, 1.82) is 0 Å². The number of benzene rings is 2. The number of aromatic nitrogens is 2. The number of hydrogen-bond donors (Lipinski definition) is 2. The third kappa shape index (κ3) is 8.56. The van der Waals surface area contributed by atoms with Crippen molar-refractivity contribution in [1.82, 2.24) is 29.2 Å². The van der Waals surface area contributed by atoms with Crippen LogP contribution in [0.5, 0.6) is 0 Å². The Morgan fingerprint density at radius 3 is 2.37 bits per heavy atom. The van der Waals surface area contributed by atoms with Crippen molar-refractivity contribution >= 4 is 60.5 Å². The van der Waals surface area contributed by atoms with Crippen LogP contribution in [0, 0.1) is 18.8 Å². The molecule has 2 aliphatic rings. The Bertz CT molecular complexity index is 2140. The summed E-state index contributed by atoms with van der Waals surface area (Å²) in [5, 5.41) is 7.27. The molecule has 0 aliphatic carbocycles. The highest BCUT2D eigenvalue weighted by atomic mass is 35.5. The minimum absolute atomic E-state index is 0.0104. The quantitative estimate of drug-likeness (QED) is 0.247. The molecule has 2 fully saturated rings. The zero-order chi connectivity index (χ0) is 34.8. The smallest absolute Gasteiger partial charge is 0.283 e. The molecular weight excluding hydrogens is 728 g/mol. The topological polar surface area (TPSA) is 134 Å². The van der Waals surface area contributed by atoms with Gasteiger partial charge >= 0.3 is 0 Å². The first-order valence-corrected chi connectivity index (χ1v) is 20.5. The largest absolute Gasteiger partial charge is 0.286 e. The summed E-state index contributed by atoms with van der Waals surface area (Å²) < 4.78 is 56.1. The third-order valence-electron chi connectivity index (χ3n) is 8.25. The lowest BCUT2D eigenvalue weighted by Gasteiger charge is -2.27. The maximum absolute atomic E-state index is 13.9. The fourth-order valence-electron chi connectivity index (χ4n) is 5.58. The fourth-order valence-corrected chi connectivity index (χ4v) is 9.59. The maximum atomic E-state index is 13.9. The lowest BCUT2D eigenvalue weighted by Crippen LogP contribution is -2.48. The maximum Gasteiger partial charge on any atom is 0.286 e. The number of sulfone groups is 1. The Balaban J connectivity index is 1.44. The molecule has 2 N–H and O–H groups in total. The summed E-state index contributed by atoms with van der Waals surface area (Å²) >= 11 is 14.3. The number of piperidine rings is 1. The Labute approximate surface area is 300 Å². The lowest BCUT2D eigenvalue weighted by molar-refractivity contribution is 0.0743. The van der Waals surface area contributed by atoms with E-state index in [0.29, 0.717) is 39.9 Å². The van der Waals surface area contributed by atoms with Crippen LogP contribution in [0.2, 0.25) is 10.0 Å². The number of amides is 1. The van der Waals surface area contributed by atoms with Crippen molar-refractivity contribution in [2.75, 3.05) is 37.7 Å². The molecule has 0 spiro atoms. The standard InChI is InChI=1S/C33H34Cl2N6O5S3/c1-23-5-7-24(8-6-23)9-11-26-12-14-30(47-26)32-27(22-36-49(45,46)40-17-19-48(43,44)20-18-40)31(33(42)38-39-15-3-2-4-16-39)37-41(32)29-13-10-25(34)21-28(29)35/h5-8,10,12-14,21,36H,2-4,15-20,22H2,1H3,(H,38,42). The van der Waals surface area contributed by atoms with Crippen molar-refractivity contribution in [2.24, 2.45) is 0 Å². The fraction of sp³-hybridized carbons (Fsp3) is 0.333. The number of carbonyl (C=O) groups excluding carboxylic acids is 1. The van der Waals surface area contributed by atoms with Crippen molar-refractivity contribution < 1.29 is 21.6 Å². The Morgan fingerprint density at radius 1 is 0.959 bits per heavy atom. The average Bonchev–Trinajstić information content (AvgIpc) is 3.68. The minimum atomic E-state index is -4.13. The van der Waals surface area contributed by atoms with Gasteiger partial charge in [-0.2, -0.15) is 22.5 Å². The van der Waals surface area contributed by atoms with Crippen LogP contribution in [-0.4, -0.2) is 79.5 Å². The number of hydrazine groups is 1. The van der Waals surface area contributed by atoms with Crippen molar-refractivity contribution in [2.45, 2.75) is 32.7 Å². The van der Waals surface area contributed by atoms with E-state index in [1.807, 2.05) is 48.3 Å². The van der Waals surface area contributed by atoms with Crippen LogP contribution in [0.1, 0.15) is 51.3 Å².